The minimum atomic E-state index is -0.945. The average Bonchev–Trinajstić information content (AvgIpc) is 2.94. The van der Waals surface area contributed by atoms with Crippen molar-refractivity contribution < 1.29 is 18.7 Å². The molecule has 1 N–H and O–H groups in total. The van der Waals surface area contributed by atoms with Crippen LogP contribution in [0.25, 0.3) is 0 Å². The third-order valence-corrected chi connectivity index (χ3v) is 3.72. The van der Waals surface area contributed by atoms with Crippen LogP contribution in [0.1, 0.15) is 26.2 Å². The Kier molecular flexibility index (Phi) is 5.55. The Balaban J connectivity index is 1.85. The SMILES string of the molecule is C[C@@H](OC(=O)C[C@@H]1C=CCC1)C(=O)Nc1ccc(F)cc1Cl. The van der Waals surface area contributed by atoms with Crippen LogP contribution in [0.2, 0.25) is 5.02 Å². The van der Waals surface area contributed by atoms with Gasteiger partial charge in [0.15, 0.2) is 6.10 Å². The van der Waals surface area contributed by atoms with Crippen molar-refractivity contribution in [2.75, 3.05) is 5.32 Å². The fourth-order valence-corrected chi connectivity index (χ4v) is 2.42. The lowest BCUT2D eigenvalue weighted by atomic mass is 10.1. The van der Waals surface area contributed by atoms with Crippen LogP contribution in [0, 0.1) is 11.7 Å². The predicted molar refractivity (Wildman–Crippen MR) is 82.1 cm³/mol. The maximum absolute atomic E-state index is 12.9. The van der Waals surface area contributed by atoms with Gasteiger partial charge in [-0.25, -0.2) is 4.39 Å². The van der Waals surface area contributed by atoms with Crippen molar-refractivity contribution in [1.29, 1.82) is 0 Å². The molecule has 1 aliphatic rings. The fraction of sp³-hybridized carbons (Fsp3) is 0.375. The first-order chi connectivity index (χ1) is 10.5. The highest BCUT2D eigenvalue weighted by molar-refractivity contribution is 6.33. The van der Waals surface area contributed by atoms with Gasteiger partial charge in [0, 0.05) is 0 Å². The van der Waals surface area contributed by atoms with Gasteiger partial charge in [-0.3, -0.25) is 9.59 Å². The second kappa shape index (κ2) is 7.40. The minimum absolute atomic E-state index is 0.0861. The molecule has 22 heavy (non-hydrogen) atoms. The molecule has 2 rings (SSSR count). The first-order valence-corrected chi connectivity index (χ1v) is 7.45. The second-order valence-corrected chi connectivity index (χ2v) is 5.62. The molecule has 0 radical (unpaired) electrons. The van der Waals surface area contributed by atoms with E-state index in [0.717, 1.165) is 18.9 Å². The number of anilines is 1. The zero-order chi connectivity index (χ0) is 16.1. The quantitative estimate of drug-likeness (QED) is 0.663. The van der Waals surface area contributed by atoms with Crippen molar-refractivity contribution in [1.82, 2.24) is 0 Å². The second-order valence-electron chi connectivity index (χ2n) is 5.22. The van der Waals surface area contributed by atoms with E-state index in [0.29, 0.717) is 0 Å². The Morgan fingerprint density at radius 1 is 1.50 bits per heavy atom. The van der Waals surface area contributed by atoms with E-state index in [1.807, 2.05) is 12.2 Å². The fourth-order valence-electron chi connectivity index (χ4n) is 2.20. The Labute approximate surface area is 133 Å². The van der Waals surface area contributed by atoms with Gasteiger partial charge in [-0.15, -0.1) is 0 Å². The molecule has 0 saturated carbocycles. The molecule has 6 heteroatoms. The Morgan fingerprint density at radius 2 is 2.27 bits per heavy atom. The lowest BCUT2D eigenvalue weighted by Crippen LogP contribution is -2.30. The first-order valence-electron chi connectivity index (χ1n) is 7.08. The van der Waals surface area contributed by atoms with Crippen molar-refractivity contribution in [3.05, 3.63) is 41.2 Å². The molecular weight excluding hydrogens is 309 g/mol. The molecule has 0 heterocycles. The number of allylic oxidation sites excluding steroid dienone is 2. The average molecular weight is 326 g/mol. The summed E-state index contributed by atoms with van der Waals surface area (Å²) in [5.41, 5.74) is 0.273. The summed E-state index contributed by atoms with van der Waals surface area (Å²) in [6.45, 7) is 1.48. The summed E-state index contributed by atoms with van der Waals surface area (Å²) in [5, 5.41) is 2.59. The van der Waals surface area contributed by atoms with E-state index in [1.165, 1.54) is 19.1 Å². The summed E-state index contributed by atoms with van der Waals surface area (Å²) in [5.74, 6) is -1.23. The third kappa shape index (κ3) is 4.56. The highest BCUT2D eigenvalue weighted by atomic mass is 35.5. The molecule has 0 saturated heterocycles. The molecule has 0 spiro atoms. The molecule has 0 aliphatic heterocycles. The number of benzene rings is 1. The standard InChI is InChI=1S/C16H17ClFNO3/c1-10(22-15(20)8-11-4-2-3-5-11)16(21)19-14-7-6-12(18)9-13(14)17/h2,4,6-7,9-11H,3,5,8H2,1H3,(H,19,21)/t10-,11-/m1/s1. The molecule has 0 fully saturated rings. The van der Waals surface area contributed by atoms with Crippen LogP contribution >= 0.6 is 11.6 Å². The number of rotatable bonds is 5. The number of carbonyl (C=O) groups excluding carboxylic acids is 2. The maximum Gasteiger partial charge on any atom is 0.307 e. The van der Waals surface area contributed by atoms with E-state index in [-0.39, 0.29) is 23.0 Å². The molecule has 0 bridgehead atoms. The summed E-state index contributed by atoms with van der Waals surface area (Å²) < 4.78 is 18.0. The third-order valence-electron chi connectivity index (χ3n) is 3.41. The van der Waals surface area contributed by atoms with E-state index in [4.69, 9.17) is 16.3 Å². The molecule has 1 aliphatic carbocycles. The van der Waals surface area contributed by atoms with Crippen molar-refractivity contribution in [2.45, 2.75) is 32.3 Å². The lowest BCUT2D eigenvalue weighted by Gasteiger charge is -2.15. The number of nitrogens with one attached hydrogen (secondary N) is 1. The van der Waals surface area contributed by atoms with Crippen LogP contribution < -0.4 is 5.32 Å². The van der Waals surface area contributed by atoms with E-state index >= 15 is 0 Å². The molecule has 1 aromatic carbocycles. The molecular formula is C16H17ClFNO3. The number of halogens is 2. The Hall–Kier alpha value is -1.88. The molecule has 4 nitrogen and oxygen atoms in total. The van der Waals surface area contributed by atoms with Gasteiger partial charge in [-0.2, -0.15) is 0 Å². The number of hydrogen-bond acceptors (Lipinski definition) is 3. The molecule has 1 aromatic rings. The van der Waals surface area contributed by atoms with Gasteiger partial charge < -0.3 is 10.1 Å². The normalized spacial score (nSPS) is 18.0. The van der Waals surface area contributed by atoms with Crippen LogP contribution in [0.15, 0.2) is 30.4 Å². The molecule has 0 aromatic heterocycles. The van der Waals surface area contributed by atoms with Gasteiger partial charge in [-0.1, -0.05) is 23.8 Å². The monoisotopic (exact) mass is 325 g/mol. The largest absolute Gasteiger partial charge is 0.453 e. The van der Waals surface area contributed by atoms with E-state index in [9.17, 15) is 14.0 Å². The first kappa shape index (κ1) is 16.5. The summed E-state index contributed by atoms with van der Waals surface area (Å²) in [4.78, 5) is 23.7. The van der Waals surface area contributed by atoms with E-state index < -0.39 is 23.8 Å². The zero-order valence-electron chi connectivity index (χ0n) is 12.1. The van der Waals surface area contributed by atoms with Crippen LogP contribution in [0.4, 0.5) is 10.1 Å². The summed E-state index contributed by atoms with van der Waals surface area (Å²) in [6, 6.07) is 3.64. The topological polar surface area (TPSA) is 55.4 Å². The van der Waals surface area contributed by atoms with Gasteiger partial charge in [0.05, 0.1) is 17.1 Å². The van der Waals surface area contributed by atoms with Crippen LogP contribution in [0.3, 0.4) is 0 Å². The van der Waals surface area contributed by atoms with Gasteiger partial charge in [0.1, 0.15) is 5.82 Å². The van der Waals surface area contributed by atoms with Crippen molar-refractivity contribution in [3.8, 4) is 0 Å². The molecule has 1 amide bonds. The van der Waals surface area contributed by atoms with Crippen LogP contribution in [0.5, 0.6) is 0 Å². The highest BCUT2D eigenvalue weighted by Gasteiger charge is 2.21. The van der Waals surface area contributed by atoms with E-state index in [2.05, 4.69) is 5.32 Å². The highest BCUT2D eigenvalue weighted by Crippen LogP contribution is 2.23. The molecule has 0 unspecified atom stereocenters. The number of esters is 1. The van der Waals surface area contributed by atoms with Crippen LogP contribution in [-0.4, -0.2) is 18.0 Å². The van der Waals surface area contributed by atoms with Gasteiger partial charge in [0.2, 0.25) is 0 Å². The van der Waals surface area contributed by atoms with Gasteiger partial charge >= 0.3 is 5.97 Å². The van der Waals surface area contributed by atoms with Crippen molar-refractivity contribution >= 4 is 29.2 Å². The number of carbonyl (C=O) groups is 2. The lowest BCUT2D eigenvalue weighted by molar-refractivity contribution is -0.153. The zero-order valence-corrected chi connectivity index (χ0v) is 12.9. The maximum atomic E-state index is 12.9. The minimum Gasteiger partial charge on any atom is -0.453 e. The Bertz CT molecular complexity index is 603. The smallest absolute Gasteiger partial charge is 0.307 e. The van der Waals surface area contributed by atoms with Crippen molar-refractivity contribution in [3.63, 3.8) is 0 Å². The summed E-state index contributed by atoms with van der Waals surface area (Å²) in [7, 11) is 0. The van der Waals surface area contributed by atoms with Gasteiger partial charge in [-0.05, 0) is 43.9 Å². The number of hydrogen-bond donors (Lipinski definition) is 1. The molecule has 2 atom stereocenters. The summed E-state index contributed by atoms with van der Waals surface area (Å²) in [6.07, 6.45) is 5.25. The Morgan fingerprint density at radius 3 is 2.91 bits per heavy atom. The predicted octanol–water partition coefficient (Wildman–Crippen LogP) is 3.71. The van der Waals surface area contributed by atoms with E-state index in [1.54, 1.807) is 0 Å². The number of ether oxygens (including phenoxy) is 1. The van der Waals surface area contributed by atoms with Gasteiger partial charge in [0.25, 0.3) is 5.91 Å². The van der Waals surface area contributed by atoms with Crippen molar-refractivity contribution in [2.24, 2.45) is 5.92 Å². The summed E-state index contributed by atoms with van der Waals surface area (Å²) >= 11 is 5.83. The number of amides is 1. The van der Waals surface area contributed by atoms with Crippen LogP contribution in [-0.2, 0) is 14.3 Å². The molecule has 118 valence electrons.